The lowest BCUT2D eigenvalue weighted by Crippen LogP contribution is -2.42. The van der Waals surface area contributed by atoms with Gasteiger partial charge < -0.3 is 16.0 Å². The van der Waals surface area contributed by atoms with Crippen molar-refractivity contribution in [3.05, 3.63) is 0 Å². The van der Waals surface area contributed by atoms with Gasteiger partial charge in [-0.05, 0) is 26.2 Å². The van der Waals surface area contributed by atoms with E-state index in [2.05, 4.69) is 27.9 Å². The minimum Gasteiger partial charge on any atom is -0.357 e. The van der Waals surface area contributed by atoms with Crippen LogP contribution in [0.15, 0.2) is 4.99 Å². The number of guanidine groups is 1. The van der Waals surface area contributed by atoms with Gasteiger partial charge in [-0.2, -0.15) is 0 Å². The van der Waals surface area contributed by atoms with E-state index in [1.807, 2.05) is 6.92 Å². The summed E-state index contributed by atoms with van der Waals surface area (Å²) >= 11 is 0. The van der Waals surface area contributed by atoms with Crippen molar-refractivity contribution in [3.63, 3.8) is 0 Å². The Morgan fingerprint density at radius 2 is 1.90 bits per heavy atom. The van der Waals surface area contributed by atoms with Gasteiger partial charge in [0.1, 0.15) is 0 Å². The number of carbonyl (C=O) groups is 1. The zero-order valence-electron chi connectivity index (χ0n) is 12.7. The third-order valence-corrected chi connectivity index (χ3v) is 3.22. The summed E-state index contributed by atoms with van der Waals surface area (Å²) in [5, 5.41) is 9.54. The van der Waals surface area contributed by atoms with Crippen molar-refractivity contribution in [3.8, 4) is 0 Å². The first-order valence-corrected chi connectivity index (χ1v) is 7.57. The van der Waals surface area contributed by atoms with Crippen LogP contribution in [0.5, 0.6) is 0 Å². The summed E-state index contributed by atoms with van der Waals surface area (Å²) in [7, 11) is 0. The number of aliphatic imine (C=N–C) groups is 1. The van der Waals surface area contributed by atoms with E-state index in [-0.39, 0.29) is 29.9 Å². The number of amides is 1. The summed E-state index contributed by atoms with van der Waals surface area (Å²) in [6, 6.07) is 0.548. The van der Waals surface area contributed by atoms with Crippen LogP contribution in [-0.2, 0) is 4.79 Å². The second-order valence-electron chi connectivity index (χ2n) is 4.99. The molecule has 0 aromatic carbocycles. The molecular formula is C14H29IN4O. The maximum atomic E-state index is 11.5. The van der Waals surface area contributed by atoms with Crippen LogP contribution in [-0.4, -0.2) is 37.5 Å². The van der Waals surface area contributed by atoms with Crippen molar-refractivity contribution in [2.24, 2.45) is 4.99 Å². The van der Waals surface area contributed by atoms with Gasteiger partial charge in [-0.3, -0.25) is 9.79 Å². The van der Waals surface area contributed by atoms with Gasteiger partial charge in [0, 0.05) is 25.6 Å². The molecule has 0 heterocycles. The molecule has 3 N–H and O–H groups in total. The second kappa shape index (κ2) is 12.2. The number of halogens is 1. The first kappa shape index (κ1) is 19.5. The predicted octanol–water partition coefficient (Wildman–Crippen LogP) is 2.02. The Labute approximate surface area is 139 Å². The van der Waals surface area contributed by atoms with Crippen molar-refractivity contribution in [1.29, 1.82) is 0 Å². The third-order valence-electron chi connectivity index (χ3n) is 3.22. The van der Waals surface area contributed by atoms with E-state index < -0.39 is 0 Å². The predicted molar refractivity (Wildman–Crippen MR) is 94.7 cm³/mol. The minimum absolute atomic E-state index is 0. The normalized spacial score (nSPS) is 15.6. The molecule has 1 saturated carbocycles. The summed E-state index contributed by atoms with van der Waals surface area (Å²) < 4.78 is 0. The highest BCUT2D eigenvalue weighted by Crippen LogP contribution is 2.17. The molecular weight excluding hydrogens is 367 g/mol. The second-order valence-corrected chi connectivity index (χ2v) is 4.99. The summed E-state index contributed by atoms with van der Waals surface area (Å²) in [6.45, 7) is 6.24. The van der Waals surface area contributed by atoms with Gasteiger partial charge in [0.05, 0.1) is 6.54 Å². The maximum absolute atomic E-state index is 11.5. The van der Waals surface area contributed by atoms with Gasteiger partial charge in [-0.15, -0.1) is 24.0 Å². The van der Waals surface area contributed by atoms with Gasteiger partial charge in [-0.1, -0.05) is 19.8 Å². The lowest BCUT2D eigenvalue weighted by molar-refractivity contribution is -0.120. The Morgan fingerprint density at radius 3 is 2.50 bits per heavy atom. The molecule has 1 aliphatic rings. The highest BCUT2D eigenvalue weighted by Gasteiger charge is 2.15. The van der Waals surface area contributed by atoms with E-state index in [1.54, 1.807) is 0 Å². The number of hydrogen-bond donors (Lipinski definition) is 3. The lowest BCUT2D eigenvalue weighted by atomic mass is 10.2. The molecule has 1 aliphatic carbocycles. The monoisotopic (exact) mass is 396 g/mol. The van der Waals surface area contributed by atoms with Crippen LogP contribution in [0.3, 0.4) is 0 Å². The molecule has 0 aliphatic heterocycles. The van der Waals surface area contributed by atoms with Crippen LogP contribution in [0.4, 0.5) is 0 Å². The molecule has 0 atom stereocenters. The number of rotatable bonds is 7. The fourth-order valence-electron chi connectivity index (χ4n) is 2.21. The van der Waals surface area contributed by atoms with Gasteiger partial charge >= 0.3 is 0 Å². The van der Waals surface area contributed by atoms with Gasteiger partial charge in [0.25, 0.3) is 0 Å². The van der Waals surface area contributed by atoms with Crippen molar-refractivity contribution in [2.45, 2.75) is 58.4 Å². The first-order chi connectivity index (χ1) is 9.26. The van der Waals surface area contributed by atoms with E-state index in [9.17, 15) is 4.79 Å². The highest BCUT2D eigenvalue weighted by molar-refractivity contribution is 14.0. The molecule has 0 spiro atoms. The summed E-state index contributed by atoms with van der Waals surface area (Å²) in [5.74, 6) is 0.931. The molecule has 1 amide bonds. The quantitative estimate of drug-likeness (QED) is 0.351. The summed E-state index contributed by atoms with van der Waals surface area (Å²) in [6.07, 6.45) is 6.48. The van der Waals surface area contributed by atoms with Crippen LogP contribution >= 0.6 is 24.0 Å². The van der Waals surface area contributed by atoms with Gasteiger partial charge in [-0.25, -0.2) is 0 Å². The van der Waals surface area contributed by atoms with Crippen LogP contribution in [0, 0.1) is 0 Å². The Balaban J connectivity index is 0.00000361. The zero-order chi connectivity index (χ0) is 13.9. The number of nitrogens with zero attached hydrogens (tertiary/aromatic N) is 1. The molecule has 0 aromatic rings. The Morgan fingerprint density at radius 1 is 1.20 bits per heavy atom. The molecule has 0 unspecified atom stereocenters. The van der Waals surface area contributed by atoms with Gasteiger partial charge in [0.15, 0.2) is 5.96 Å². The molecule has 118 valence electrons. The Kier molecular flexibility index (Phi) is 11.9. The van der Waals surface area contributed by atoms with E-state index in [0.29, 0.717) is 19.0 Å². The smallest absolute Gasteiger partial charge is 0.221 e. The highest BCUT2D eigenvalue weighted by atomic mass is 127. The standard InChI is InChI=1S/C14H28N4O.HI/c1-3-10-16-13(19)9-11-17-14(15-4-2)18-12-7-5-6-8-12;/h12H,3-11H2,1-2H3,(H,16,19)(H2,15,17,18);1H. The van der Waals surface area contributed by atoms with E-state index >= 15 is 0 Å². The van der Waals surface area contributed by atoms with Crippen LogP contribution in [0.25, 0.3) is 0 Å². The SMILES string of the molecule is CCCNC(=O)CCN=C(NCC)NC1CCCC1.I. The molecule has 0 radical (unpaired) electrons. The molecule has 1 rings (SSSR count). The van der Waals surface area contributed by atoms with E-state index in [0.717, 1.165) is 25.5 Å². The number of carbonyl (C=O) groups excluding carboxylic acids is 1. The van der Waals surface area contributed by atoms with Crippen LogP contribution in [0.1, 0.15) is 52.4 Å². The summed E-state index contributed by atoms with van der Waals surface area (Å²) in [4.78, 5) is 15.9. The average Bonchev–Trinajstić information content (AvgIpc) is 2.89. The average molecular weight is 396 g/mol. The van der Waals surface area contributed by atoms with Crippen molar-refractivity contribution < 1.29 is 4.79 Å². The van der Waals surface area contributed by atoms with E-state index in [1.165, 1.54) is 25.7 Å². The van der Waals surface area contributed by atoms with Gasteiger partial charge in [0.2, 0.25) is 5.91 Å². The molecule has 0 aromatic heterocycles. The third kappa shape index (κ3) is 8.60. The molecule has 0 bridgehead atoms. The molecule has 6 heteroatoms. The Bertz CT molecular complexity index is 291. The molecule has 1 fully saturated rings. The molecule has 0 saturated heterocycles. The van der Waals surface area contributed by atoms with Crippen molar-refractivity contribution in [2.75, 3.05) is 19.6 Å². The number of hydrogen-bond acceptors (Lipinski definition) is 2. The van der Waals surface area contributed by atoms with E-state index in [4.69, 9.17) is 0 Å². The Hall–Kier alpha value is -0.530. The molecule has 20 heavy (non-hydrogen) atoms. The van der Waals surface area contributed by atoms with Crippen LogP contribution in [0.2, 0.25) is 0 Å². The zero-order valence-corrected chi connectivity index (χ0v) is 15.0. The first-order valence-electron chi connectivity index (χ1n) is 7.57. The van der Waals surface area contributed by atoms with Crippen molar-refractivity contribution >= 4 is 35.8 Å². The minimum atomic E-state index is 0. The van der Waals surface area contributed by atoms with Crippen molar-refractivity contribution in [1.82, 2.24) is 16.0 Å². The fraction of sp³-hybridized carbons (Fsp3) is 0.857. The maximum Gasteiger partial charge on any atom is 0.221 e. The molecule has 5 nitrogen and oxygen atoms in total. The summed E-state index contributed by atoms with van der Waals surface area (Å²) in [5.41, 5.74) is 0. The topological polar surface area (TPSA) is 65.5 Å². The fourth-order valence-corrected chi connectivity index (χ4v) is 2.21. The van der Waals surface area contributed by atoms with Crippen LogP contribution < -0.4 is 16.0 Å². The lowest BCUT2D eigenvalue weighted by Gasteiger charge is -2.16. The number of nitrogens with one attached hydrogen (secondary N) is 3. The largest absolute Gasteiger partial charge is 0.357 e.